The lowest BCUT2D eigenvalue weighted by molar-refractivity contribution is -0.174. The van der Waals surface area contributed by atoms with Crippen molar-refractivity contribution in [2.24, 2.45) is 0 Å². The second-order valence-corrected chi connectivity index (χ2v) is 12.7. The fraction of sp³-hybridized carbons (Fsp3) is 0.273. The first kappa shape index (κ1) is 31.1. The summed E-state index contributed by atoms with van der Waals surface area (Å²) in [7, 11) is -4.36. The molecule has 0 unspecified atom stereocenters. The molecule has 0 saturated carbocycles. The van der Waals surface area contributed by atoms with E-state index < -0.39 is 43.3 Å². The van der Waals surface area contributed by atoms with E-state index in [9.17, 15) is 22.8 Å². The van der Waals surface area contributed by atoms with Gasteiger partial charge in [-0.15, -0.1) is 0 Å². The summed E-state index contributed by atoms with van der Waals surface area (Å²) in [6.45, 7) is 0.247. The molecule has 4 aromatic rings. The van der Waals surface area contributed by atoms with Gasteiger partial charge >= 0.3 is 6.18 Å². The van der Waals surface area contributed by atoms with Gasteiger partial charge in [-0.05, 0) is 34.9 Å². The van der Waals surface area contributed by atoms with Gasteiger partial charge in [-0.3, -0.25) is 4.57 Å². The second-order valence-electron chi connectivity index (χ2n) is 10.2. The highest BCUT2D eigenvalue weighted by molar-refractivity contribution is 7.67. The molecule has 1 aliphatic rings. The summed E-state index contributed by atoms with van der Waals surface area (Å²) < 4.78 is 79.8. The molecule has 0 spiro atoms. The summed E-state index contributed by atoms with van der Waals surface area (Å²) in [6.07, 6.45) is -7.92. The molecule has 1 heterocycles. The first-order valence-corrected chi connectivity index (χ1v) is 15.5. The molecule has 1 fully saturated rings. The molecular formula is C33H32F3O6P. The average Bonchev–Trinajstić information content (AvgIpc) is 3.02. The smallest absolute Gasteiger partial charge is 0.380 e. The molecule has 1 aliphatic heterocycles. The molecule has 0 radical (unpaired) electrons. The van der Waals surface area contributed by atoms with E-state index in [4.69, 9.17) is 18.7 Å². The van der Waals surface area contributed by atoms with Crippen LogP contribution in [0.25, 0.3) is 0 Å². The van der Waals surface area contributed by atoms with E-state index in [-0.39, 0.29) is 31.7 Å². The number of rotatable bonds is 11. The lowest BCUT2D eigenvalue weighted by atomic mass is 10.1. The Kier molecular flexibility index (Phi) is 10.1. The number of aliphatic hydroxyl groups excluding tert-OH is 1. The quantitative estimate of drug-likeness (QED) is 0.190. The summed E-state index contributed by atoms with van der Waals surface area (Å²) in [6, 6.07) is 31.9. The molecule has 6 nitrogen and oxygen atoms in total. The molecule has 1 N–H and O–H groups in total. The van der Waals surface area contributed by atoms with Gasteiger partial charge in [-0.25, -0.2) is 0 Å². The minimum atomic E-state index is -4.68. The Balaban J connectivity index is 1.48. The zero-order valence-electron chi connectivity index (χ0n) is 23.2. The first-order valence-electron chi connectivity index (χ1n) is 13.8. The van der Waals surface area contributed by atoms with Crippen LogP contribution < -0.4 is 5.30 Å². The second kappa shape index (κ2) is 14.0. The first-order chi connectivity index (χ1) is 20.7. The van der Waals surface area contributed by atoms with Crippen molar-refractivity contribution in [3.63, 3.8) is 0 Å². The van der Waals surface area contributed by atoms with E-state index in [1.807, 2.05) is 91.0 Å². The van der Waals surface area contributed by atoms with E-state index in [1.54, 1.807) is 0 Å². The van der Waals surface area contributed by atoms with Crippen molar-refractivity contribution in [1.82, 2.24) is 0 Å². The highest BCUT2D eigenvalue weighted by Crippen LogP contribution is 2.57. The standard InChI is InChI=1S/C33H32F3O6P/c34-33(35,36)27-17-10-18-28(19-27)43(38)32(37)31(41-22-26-15-8-3-9-16-26)30(40-21-25-13-6-2-7-14-25)29(42-43)23-39-20-24-11-4-1-5-12-24/h1-19,29-32,37H,20-23H2/t29-,30-,31+,32-,43+/m1/s1. The van der Waals surface area contributed by atoms with Crippen LogP contribution in [0.4, 0.5) is 13.2 Å². The SMILES string of the molecule is O=[P@@]1(c2cccc(C(F)(F)F)c2)O[C@H](COCc2ccccc2)[C@@H](OCc2ccccc2)[C@H](OCc2ccccc2)[C@@H]1O. The summed E-state index contributed by atoms with van der Waals surface area (Å²) in [5.74, 6) is -1.81. The van der Waals surface area contributed by atoms with Crippen molar-refractivity contribution in [2.75, 3.05) is 6.61 Å². The predicted octanol–water partition coefficient (Wildman–Crippen LogP) is 6.71. The minimum absolute atomic E-state index is 0.0357. The molecule has 43 heavy (non-hydrogen) atoms. The summed E-state index contributed by atoms with van der Waals surface area (Å²) in [5, 5.41) is 11.3. The van der Waals surface area contributed by atoms with Gasteiger partial charge in [-0.2, -0.15) is 13.2 Å². The van der Waals surface area contributed by atoms with Crippen molar-refractivity contribution in [1.29, 1.82) is 0 Å². The van der Waals surface area contributed by atoms with Crippen molar-refractivity contribution in [2.45, 2.75) is 50.2 Å². The number of alkyl halides is 3. The maximum absolute atomic E-state index is 14.5. The third-order valence-electron chi connectivity index (χ3n) is 7.12. The van der Waals surface area contributed by atoms with Gasteiger partial charge < -0.3 is 23.8 Å². The maximum Gasteiger partial charge on any atom is 0.416 e. The minimum Gasteiger partial charge on any atom is -0.380 e. The topological polar surface area (TPSA) is 74.2 Å². The number of hydrogen-bond donors (Lipinski definition) is 1. The molecule has 0 aliphatic carbocycles. The van der Waals surface area contributed by atoms with Gasteiger partial charge in [0.25, 0.3) is 7.37 Å². The molecule has 1 saturated heterocycles. The monoisotopic (exact) mass is 612 g/mol. The van der Waals surface area contributed by atoms with E-state index in [0.717, 1.165) is 34.9 Å². The zero-order chi connectivity index (χ0) is 30.3. The fourth-order valence-electron chi connectivity index (χ4n) is 4.90. The Morgan fingerprint density at radius 1 is 0.698 bits per heavy atom. The molecule has 0 amide bonds. The number of halogens is 3. The van der Waals surface area contributed by atoms with Crippen LogP contribution in [0, 0.1) is 0 Å². The molecule has 5 atom stereocenters. The van der Waals surface area contributed by atoms with Crippen LogP contribution in [-0.4, -0.2) is 35.9 Å². The number of aliphatic hydroxyl groups is 1. The van der Waals surface area contributed by atoms with Crippen LogP contribution in [0.3, 0.4) is 0 Å². The molecule has 226 valence electrons. The van der Waals surface area contributed by atoms with Crippen molar-refractivity contribution < 1.29 is 41.6 Å². The van der Waals surface area contributed by atoms with Crippen molar-refractivity contribution in [3.05, 3.63) is 138 Å². The average molecular weight is 613 g/mol. The van der Waals surface area contributed by atoms with Gasteiger partial charge in [0.2, 0.25) is 0 Å². The molecule has 4 aromatic carbocycles. The van der Waals surface area contributed by atoms with Gasteiger partial charge in [0, 0.05) is 5.30 Å². The number of ether oxygens (including phenoxy) is 3. The van der Waals surface area contributed by atoms with Crippen LogP contribution in [0.2, 0.25) is 0 Å². The lowest BCUT2D eigenvalue weighted by Crippen LogP contribution is -2.55. The molecule has 5 rings (SSSR count). The summed E-state index contributed by atoms with van der Waals surface area (Å²) in [5.41, 5.74) is 1.51. The normalized spacial score (nSPS) is 24.1. The van der Waals surface area contributed by atoms with Gasteiger partial charge in [0.1, 0.15) is 18.3 Å². The van der Waals surface area contributed by atoms with Crippen LogP contribution >= 0.6 is 7.37 Å². The van der Waals surface area contributed by atoms with Crippen LogP contribution in [0.1, 0.15) is 22.3 Å². The zero-order valence-corrected chi connectivity index (χ0v) is 24.1. The van der Waals surface area contributed by atoms with Crippen molar-refractivity contribution in [3.8, 4) is 0 Å². The molecule has 0 aromatic heterocycles. The van der Waals surface area contributed by atoms with E-state index in [2.05, 4.69) is 0 Å². The van der Waals surface area contributed by atoms with Crippen LogP contribution in [0.15, 0.2) is 115 Å². The third kappa shape index (κ3) is 7.81. The maximum atomic E-state index is 14.5. The highest BCUT2D eigenvalue weighted by Gasteiger charge is 2.54. The Hall–Kier alpha value is -3.30. The van der Waals surface area contributed by atoms with E-state index >= 15 is 0 Å². The third-order valence-corrected chi connectivity index (χ3v) is 9.69. The van der Waals surface area contributed by atoms with Crippen LogP contribution in [0.5, 0.6) is 0 Å². The van der Waals surface area contributed by atoms with E-state index in [1.165, 1.54) is 6.07 Å². The molecule has 0 bridgehead atoms. The fourth-order valence-corrected chi connectivity index (χ4v) is 7.29. The Labute approximate surface area is 248 Å². The Morgan fingerprint density at radius 2 is 1.21 bits per heavy atom. The number of benzene rings is 4. The predicted molar refractivity (Wildman–Crippen MR) is 156 cm³/mol. The Morgan fingerprint density at radius 3 is 1.74 bits per heavy atom. The number of hydrogen-bond acceptors (Lipinski definition) is 6. The van der Waals surface area contributed by atoms with Crippen molar-refractivity contribution >= 4 is 12.7 Å². The molecular weight excluding hydrogens is 580 g/mol. The lowest BCUT2D eigenvalue weighted by Gasteiger charge is -2.44. The van der Waals surface area contributed by atoms with Crippen LogP contribution in [-0.2, 0) is 49.3 Å². The summed E-state index contributed by atoms with van der Waals surface area (Å²) in [4.78, 5) is 0. The highest BCUT2D eigenvalue weighted by atomic mass is 31.2. The van der Waals surface area contributed by atoms with E-state index in [0.29, 0.717) is 0 Å². The Bertz CT molecular complexity index is 1490. The summed E-state index contributed by atoms with van der Waals surface area (Å²) >= 11 is 0. The van der Waals surface area contributed by atoms with Gasteiger partial charge in [0.05, 0.1) is 32.0 Å². The van der Waals surface area contributed by atoms with Gasteiger partial charge in [0.15, 0.2) is 5.85 Å². The molecule has 10 heteroatoms. The largest absolute Gasteiger partial charge is 0.416 e. The van der Waals surface area contributed by atoms with Gasteiger partial charge in [-0.1, -0.05) is 97.1 Å².